The second-order valence-electron chi connectivity index (χ2n) is 5.91. The van der Waals surface area contributed by atoms with E-state index in [0.29, 0.717) is 37.5 Å². The lowest BCUT2D eigenvalue weighted by atomic mass is 10.0. The molecule has 0 bridgehead atoms. The number of ether oxygens (including phenoxy) is 1. The second-order valence-corrected chi connectivity index (χ2v) is 7.16. The van der Waals surface area contributed by atoms with Crippen LogP contribution in [0.1, 0.15) is 16.7 Å². The highest BCUT2D eigenvalue weighted by Crippen LogP contribution is 2.36. The number of rotatable bonds is 5. The predicted octanol–water partition coefficient (Wildman–Crippen LogP) is 7.43. The van der Waals surface area contributed by atoms with Gasteiger partial charge in [-0.15, -0.1) is 0 Å². The van der Waals surface area contributed by atoms with E-state index in [1.54, 1.807) is 42.5 Å². The van der Waals surface area contributed by atoms with Gasteiger partial charge in [0.2, 0.25) is 0 Å². The van der Waals surface area contributed by atoms with Crippen molar-refractivity contribution in [3.8, 4) is 11.8 Å². The summed E-state index contributed by atoms with van der Waals surface area (Å²) in [6, 6.07) is 18.4. The summed E-state index contributed by atoms with van der Waals surface area (Å²) < 4.78 is 19.2. The molecule has 3 aromatic carbocycles. The van der Waals surface area contributed by atoms with Gasteiger partial charge in [-0.05, 0) is 59.2 Å². The van der Waals surface area contributed by atoms with Crippen LogP contribution in [-0.2, 0) is 6.61 Å². The molecule has 0 amide bonds. The van der Waals surface area contributed by atoms with Crippen molar-refractivity contribution in [2.24, 2.45) is 0 Å². The number of allylic oxidation sites excluding steroid dienone is 1. The minimum absolute atomic E-state index is 0.276. The van der Waals surface area contributed by atoms with Crippen LogP contribution in [0, 0.1) is 17.1 Å². The molecule has 0 saturated heterocycles. The van der Waals surface area contributed by atoms with Gasteiger partial charge in [0.05, 0.1) is 21.7 Å². The van der Waals surface area contributed by atoms with E-state index in [1.165, 1.54) is 12.1 Å². The maximum absolute atomic E-state index is 13.4. The van der Waals surface area contributed by atoms with Crippen LogP contribution in [0.4, 0.5) is 4.39 Å². The maximum atomic E-state index is 13.4. The lowest BCUT2D eigenvalue weighted by molar-refractivity contribution is 0.306. The molecule has 0 aromatic heterocycles. The van der Waals surface area contributed by atoms with Gasteiger partial charge in [0.1, 0.15) is 12.4 Å². The van der Waals surface area contributed by atoms with E-state index in [-0.39, 0.29) is 6.61 Å². The molecule has 0 spiro atoms. The van der Waals surface area contributed by atoms with Gasteiger partial charge in [-0.25, -0.2) is 4.39 Å². The Morgan fingerprint density at radius 2 is 1.68 bits per heavy atom. The van der Waals surface area contributed by atoms with Crippen molar-refractivity contribution in [2.45, 2.75) is 6.61 Å². The summed E-state index contributed by atoms with van der Waals surface area (Å²) in [6.45, 7) is 0.276. The molecular weight excluding hydrogens is 420 g/mol. The number of nitrogens with zero attached hydrogens (tertiary/aromatic N) is 1. The first-order valence-corrected chi connectivity index (χ1v) is 9.33. The smallest absolute Gasteiger partial charge is 0.157 e. The van der Waals surface area contributed by atoms with Crippen molar-refractivity contribution >= 4 is 46.5 Å². The summed E-state index contributed by atoms with van der Waals surface area (Å²) in [4.78, 5) is 0. The van der Waals surface area contributed by atoms with E-state index < -0.39 is 5.82 Å². The second kappa shape index (κ2) is 9.12. The minimum atomic E-state index is -0.416. The number of nitriles is 1. The van der Waals surface area contributed by atoms with Crippen LogP contribution in [0.25, 0.3) is 11.6 Å². The van der Waals surface area contributed by atoms with E-state index in [2.05, 4.69) is 6.07 Å². The Hall–Kier alpha value is -2.51. The van der Waals surface area contributed by atoms with Gasteiger partial charge in [0.15, 0.2) is 5.75 Å². The standard InChI is InChI=1S/C22H13Cl3FNO/c23-18-6-4-14(5-7-18)13-28-22-20(24)9-15(10-21(22)25)8-17(12-27)16-2-1-3-19(26)11-16/h1-11H,13H2/b17-8-. The first kappa shape index (κ1) is 20.2. The highest BCUT2D eigenvalue weighted by Gasteiger charge is 2.11. The molecule has 0 radical (unpaired) electrons. The number of hydrogen-bond donors (Lipinski definition) is 0. The Morgan fingerprint density at radius 3 is 2.29 bits per heavy atom. The third kappa shape index (κ3) is 5.05. The number of benzene rings is 3. The van der Waals surface area contributed by atoms with Crippen molar-refractivity contribution in [1.29, 1.82) is 5.26 Å². The molecule has 0 aliphatic carbocycles. The van der Waals surface area contributed by atoms with E-state index in [9.17, 15) is 9.65 Å². The predicted molar refractivity (Wildman–Crippen MR) is 112 cm³/mol. The van der Waals surface area contributed by atoms with E-state index >= 15 is 0 Å². The molecule has 0 heterocycles. The molecule has 0 aliphatic rings. The van der Waals surface area contributed by atoms with Crippen molar-refractivity contribution in [3.63, 3.8) is 0 Å². The van der Waals surface area contributed by atoms with Crippen LogP contribution in [0.3, 0.4) is 0 Å². The molecule has 2 nitrogen and oxygen atoms in total. The Kier molecular flexibility index (Phi) is 6.59. The molecule has 6 heteroatoms. The zero-order valence-electron chi connectivity index (χ0n) is 14.4. The molecule has 0 aliphatic heterocycles. The van der Waals surface area contributed by atoms with Gasteiger partial charge in [-0.1, -0.05) is 59.1 Å². The summed E-state index contributed by atoms with van der Waals surface area (Å²) in [5, 5.41) is 10.7. The number of halogens is 4. The minimum Gasteiger partial charge on any atom is -0.486 e. The fourth-order valence-corrected chi connectivity index (χ4v) is 3.28. The molecule has 0 fully saturated rings. The van der Waals surface area contributed by atoms with Gasteiger partial charge >= 0.3 is 0 Å². The molecule has 0 N–H and O–H groups in total. The first-order chi connectivity index (χ1) is 13.5. The van der Waals surface area contributed by atoms with Crippen molar-refractivity contribution in [1.82, 2.24) is 0 Å². The molecule has 0 atom stereocenters. The van der Waals surface area contributed by atoms with Crippen LogP contribution in [0.2, 0.25) is 15.1 Å². The first-order valence-electron chi connectivity index (χ1n) is 8.20. The van der Waals surface area contributed by atoms with Gasteiger partial charge in [-0.3, -0.25) is 0 Å². The Bertz CT molecular complexity index is 1050. The normalized spacial score (nSPS) is 11.2. The lowest BCUT2D eigenvalue weighted by Crippen LogP contribution is -1.97. The Balaban J connectivity index is 1.84. The lowest BCUT2D eigenvalue weighted by Gasteiger charge is -2.11. The third-order valence-corrected chi connectivity index (χ3v) is 4.70. The largest absolute Gasteiger partial charge is 0.486 e. The van der Waals surface area contributed by atoms with E-state index in [1.807, 2.05) is 12.1 Å². The van der Waals surface area contributed by atoms with Crippen LogP contribution < -0.4 is 4.74 Å². The summed E-state index contributed by atoms with van der Waals surface area (Å²) in [5.74, 6) is -0.0691. The summed E-state index contributed by atoms with van der Waals surface area (Å²) >= 11 is 18.5. The average Bonchev–Trinajstić information content (AvgIpc) is 2.67. The zero-order chi connectivity index (χ0) is 20.1. The monoisotopic (exact) mass is 431 g/mol. The summed E-state index contributed by atoms with van der Waals surface area (Å²) in [6.07, 6.45) is 1.59. The molecule has 140 valence electrons. The Morgan fingerprint density at radius 1 is 1.00 bits per heavy atom. The molecule has 0 unspecified atom stereocenters. The van der Waals surface area contributed by atoms with Crippen molar-refractivity contribution in [3.05, 3.63) is 98.2 Å². The zero-order valence-corrected chi connectivity index (χ0v) is 16.7. The SMILES string of the molecule is N#C/C(=C/c1cc(Cl)c(OCc2ccc(Cl)cc2)c(Cl)c1)c1cccc(F)c1. The maximum Gasteiger partial charge on any atom is 0.157 e. The fraction of sp³-hybridized carbons (Fsp3) is 0.0455. The van der Waals surface area contributed by atoms with Gasteiger partial charge in [-0.2, -0.15) is 5.26 Å². The molecular formula is C22H13Cl3FNO. The van der Waals surface area contributed by atoms with Crippen molar-refractivity contribution in [2.75, 3.05) is 0 Å². The van der Waals surface area contributed by atoms with E-state index in [4.69, 9.17) is 39.5 Å². The fourth-order valence-electron chi connectivity index (χ4n) is 2.54. The van der Waals surface area contributed by atoms with Crippen LogP contribution in [0.15, 0.2) is 60.7 Å². The molecule has 3 aromatic rings. The molecule has 3 rings (SSSR count). The summed E-state index contributed by atoms with van der Waals surface area (Å²) in [7, 11) is 0. The topological polar surface area (TPSA) is 33.0 Å². The van der Waals surface area contributed by atoms with Crippen LogP contribution >= 0.6 is 34.8 Å². The number of hydrogen-bond acceptors (Lipinski definition) is 2. The third-order valence-electron chi connectivity index (χ3n) is 3.88. The van der Waals surface area contributed by atoms with Gasteiger partial charge in [0.25, 0.3) is 0 Å². The Labute approximate surface area is 177 Å². The quantitative estimate of drug-likeness (QED) is 0.310. The van der Waals surface area contributed by atoms with Gasteiger partial charge < -0.3 is 4.74 Å². The van der Waals surface area contributed by atoms with Gasteiger partial charge in [0, 0.05) is 5.02 Å². The highest BCUT2D eigenvalue weighted by molar-refractivity contribution is 6.37. The molecule has 0 saturated carbocycles. The van der Waals surface area contributed by atoms with Crippen molar-refractivity contribution < 1.29 is 9.13 Å². The molecule has 28 heavy (non-hydrogen) atoms. The summed E-state index contributed by atoms with van der Waals surface area (Å²) in [5.41, 5.74) is 2.28. The highest BCUT2D eigenvalue weighted by atomic mass is 35.5. The van der Waals surface area contributed by atoms with E-state index in [0.717, 1.165) is 5.56 Å². The van der Waals surface area contributed by atoms with Crippen LogP contribution in [-0.4, -0.2) is 0 Å². The average molecular weight is 433 g/mol. The van der Waals surface area contributed by atoms with Crippen LogP contribution in [0.5, 0.6) is 5.75 Å².